The summed E-state index contributed by atoms with van der Waals surface area (Å²) in [5, 5.41) is 8.82. The third-order valence-electron chi connectivity index (χ3n) is 2.85. The summed E-state index contributed by atoms with van der Waals surface area (Å²) < 4.78 is 9.70. The molecule has 18 heavy (non-hydrogen) atoms. The van der Waals surface area contributed by atoms with Gasteiger partial charge in [-0.15, -0.1) is 0 Å². The third kappa shape index (κ3) is 2.77. The number of carboxylic acid groups (broad SMARTS) is 1. The van der Waals surface area contributed by atoms with Crippen LogP contribution in [0.3, 0.4) is 0 Å². The Morgan fingerprint density at radius 2 is 2.11 bits per heavy atom. The van der Waals surface area contributed by atoms with Gasteiger partial charge in [-0.1, -0.05) is 0 Å². The molecule has 8 heteroatoms. The highest BCUT2D eigenvalue weighted by atomic mass is 16.6. The molecule has 2 aliphatic rings. The van der Waals surface area contributed by atoms with Crippen molar-refractivity contribution in [3.63, 3.8) is 0 Å². The molecule has 0 aromatic heterocycles. The molecular formula is C10H14N2O6. The lowest BCUT2D eigenvalue weighted by molar-refractivity contribution is -0.157. The number of ether oxygens (including phenoxy) is 2. The zero-order valence-corrected chi connectivity index (χ0v) is 9.70. The Hall–Kier alpha value is -1.67. The lowest BCUT2D eigenvalue weighted by Crippen LogP contribution is -2.50. The molecule has 8 nitrogen and oxygen atoms in total. The molecule has 2 heterocycles. The van der Waals surface area contributed by atoms with Gasteiger partial charge in [-0.2, -0.15) is 0 Å². The van der Waals surface area contributed by atoms with E-state index in [1.54, 1.807) is 4.90 Å². The lowest BCUT2D eigenvalue weighted by atomic mass is 10.2. The van der Waals surface area contributed by atoms with Crippen molar-refractivity contribution in [2.45, 2.75) is 6.10 Å². The molecule has 0 bridgehead atoms. The van der Waals surface area contributed by atoms with E-state index in [0.29, 0.717) is 6.54 Å². The van der Waals surface area contributed by atoms with Crippen LogP contribution in [0.4, 0.5) is 4.79 Å². The molecule has 1 N–H and O–H groups in total. The molecular weight excluding hydrogens is 244 g/mol. The highest BCUT2D eigenvalue weighted by Gasteiger charge is 2.32. The number of carbonyl (C=O) groups is 3. The van der Waals surface area contributed by atoms with Crippen molar-refractivity contribution in [3.05, 3.63) is 0 Å². The van der Waals surface area contributed by atoms with Gasteiger partial charge in [0.05, 0.1) is 19.7 Å². The van der Waals surface area contributed by atoms with Crippen LogP contribution in [0.5, 0.6) is 0 Å². The van der Waals surface area contributed by atoms with Gasteiger partial charge in [-0.3, -0.25) is 9.69 Å². The molecule has 0 spiro atoms. The summed E-state index contributed by atoms with van der Waals surface area (Å²) in [5.74, 6) is -1.42. The van der Waals surface area contributed by atoms with Gasteiger partial charge < -0.3 is 14.6 Å². The van der Waals surface area contributed by atoms with E-state index in [9.17, 15) is 14.4 Å². The van der Waals surface area contributed by atoms with Gasteiger partial charge >= 0.3 is 12.1 Å². The maximum Gasteiger partial charge on any atom is 0.416 e. The summed E-state index contributed by atoms with van der Waals surface area (Å²) in [6.07, 6.45) is -1.56. The van der Waals surface area contributed by atoms with E-state index in [1.807, 2.05) is 0 Å². The van der Waals surface area contributed by atoms with Crippen molar-refractivity contribution in [1.29, 1.82) is 0 Å². The molecule has 2 amide bonds. The molecule has 2 aliphatic heterocycles. The first kappa shape index (κ1) is 12.8. The molecule has 2 saturated heterocycles. The molecule has 0 aliphatic carbocycles. The maximum absolute atomic E-state index is 11.8. The fourth-order valence-electron chi connectivity index (χ4n) is 1.89. The average Bonchev–Trinajstić information content (AvgIpc) is 2.76. The summed E-state index contributed by atoms with van der Waals surface area (Å²) in [5.41, 5.74) is 0. The van der Waals surface area contributed by atoms with E-state index in [1.165, 1.54) is 0 Å². The summed E-state index contributed by atoms with van der Waals surface area (Å²) in [4.78, 5) is 36.4. The molecule has 100 valence electrons. The first-order chi connectivity index (χ1) is 8.58. The van der Waals surface area contributed by atoms with Crippen LogP contribution in [0.25, 0.3) is 0 Å². The van der Waals surface area contributed by atoms with Gasteiger partial charge in [0.1, 0.15) is 6.61 Å². The SMILES string of the molecule is O=C(O)C1CN(CC(=O)N2CCOC2=O)CCO1. The van der Waals surface area contributed by atoms with Crippen LogP contribution in [-0.2, 0) is 19.1 Å². The largest absolute Gasteiger partial charge is 0.479 e. The van der Waals surface area contributed by atoms with Gasteiger partial charge in [0.25, 0.3) is 0 Å². The molecule has 1 unspecified atom stereocenters. The van der Waals surface area contributed by atoms with Gasteiger partial charge in [-0.25, -0.2) is 14.5 Å². The number of nitrogens with zero attached hydrogens (tertiary/aromatic N) is 2. The predicted octanol–water partition coefficient (Wildman–Crippen LogP) is -1.25. The molecule has 0 aromatic rings. The highest BCUT2D eigenvalue weighted by Crippen LogP contribution is 2.08. The number of imide groups is 1. The number of morpholine rings is 1. The van der Waals surface area contributed by atoms with Crippen LogP contribution in [0.1, 0.15) is 0 Å². The van der Waals surface area contributed by atoms with E-state index in [-0.39, 0.29) is 38.8 Å². The summed E-state index contributed by atoms with van der Waals surface area (Å²) in [6.45, 7) is 1.34. The molecule has 2 rings (SSSR count). The Bertz CT molecular complexity index is 371. The topological polar surface area (TPSA) is 96.4 Å². The first-order valence-electron chi connectivity index (χ1n) is 5.62. The fraction of sp³-hybridized carbons (Fsp3) is 0.700. The summed E-state index contributed by atoms with van der Waals surface area (Å²) >= 11 is 0. The quantitative estimate of drug-likeness (QED) is 0.675. The molecule has 1 atom stereocenters. The van der Waals surface area contributed by atoms with Crippen LogP contribution in [0.2, 0.25) is 0 Å². The fourth-order valence-corrected chi connectivity index (χ4v) is 1.89. The molecule has 0 saturated carbocycles. The van der Waals surface area contributed by atoms with Gasteiger partial charge in [-0.05, 0) is 0 Å². The Labute approximate surface area is 103 Å². The number of carboxylic acids is 1. The minimum absolute atomic E-state index is 0.00222. The Balaban J connectivity index is 1.87. The number of carbonyl (C=O) groups excluding carboxylic acids is 2. The predicted molar refractivity (Wildman–Crippen MR) is 56.9 cm³/mol. The van der Waals surface area contributed by atoms with Gasteiger partial charge in [0.15, 0.2) is 6.10 Å². The molecule has 2 fully saturated rings. The molecule has 0 radical (unpaired) electrons. The van der Waals surface area contributed by atoms with Crippen molar-refractivity contribution >= 4 is 18.0 Å². The van der Waals surface area contributed by atoms with Crippen LogP contribution in [0.15, 0.2) is 0 Å². The third-order valence-corrected chi connectivity index (χ3v) is 2.85. The number of aliphatic carboxylic acids is 1. The van der Waals surface area contributed by atoms with Crippen LogP contribution in [-0.4, -0.2) is 78.4 Å². The number of rotatable bonds is 3. The van der Waals surface area contributed by atoms with E-state index in [2.05, 4.69) is 4.74 Å². The zero-order valence-electron chi connectivity index (χ0n) is 9.70. The van der Waals surface area contributed by atoms with E-state index < -0.39 is 18.2 Å². The number of cyclic esters (lactones) is 1. The van der Waals surface area contributed by atoms with Crippen molar-refractivity contribution in [3.8, 4) is 0 Å². The van der Waals surface area contributed by atoms with E-state index in [0.717, 1.165) is 4.90 Å². The number of hydrogen-bond donors (Lipinski definition) is 1. The van der Waals surface area contributed by atoms with Crippen molar-refractivity contribution in [2.24, 2.45) is 0 Å². The van der Waals surface area contributed by atoms with E-state index in [4.69, 9.17) is 9.84 Å². The smallest absolute Gasteiger partial charge is 0.416 e. The first-order valence-corrected chi connectivity index (χ1v) is 5.62. The number of amides is 2. The second-order valence-electron chi connectivity index (χ2n) is 4.09. The molecule has 0 aromatic carbocycles. The van der Waals surface area contributed by atoms with Gasteiger partial charge in [0.2, 0.25) is 5.91 Å². The normalized spacial score (nSPS) is 25.0. The Kier molecular flexibility index (Phi) is 3.78. The zero-order chi connectivity index (χ0) is 13.1. The highest BCUT2D eigenvalue weighted by molar-refractivity contribution is 5.94. The maximum atomic E-state index is 11.8. The van der Waals surface area contributed by atoms with Crippen LogP contribution >= 0.6 is 0 Å². The van der Waals surface area contributed by atoms with Crippen molar-refractivity contribution in [1.82, 2.24) is 9.80 Å². The van der Waals surface area contributed by atoms with Crippen LogP contribution < -0.4 is 0 Å². The van der Waals surface area contributed by atoms with Crippen LogP contribution in [0, 0.1) is 0 Å². The monoisotopic (exact) mass is 258 g/mol. The van der Waals surface area contributed by atoms with E-state index >= 15 is 0 Å². The minimum Gasteiger partial charge on any atom is -0.479 e. The second-order valence-corrected chi connectivity index (χ2v) is 4.09. The minimum atomic E-state index is -1.05. The lowest BCUT2D eigenvalue weighted by Gasteiger charge is -2.30. The average molecular weight is 258 g/mol. The Morgan fingerprint density at radius 1 is 1.33 bits per heavy atom. The van der Waals surface area contributed by atoms with Crippen molar-refractivity contribution < 1.29 is 29.0 Å². The summed E-state index contributed by atoms with van der Waals surface area (Å²) in [7, 11) is 0. The Morgan fingerprint density at radius 3 is 2.72 bits per heavy atom. The second kappa shape index (κ2) is 5.32. The van der Waals surface area contributed by atoms with Crippen molar-refractivity contribution in [2.75, 3.05) is 39.4 Å². The van der Waals surface area contributed by atoms with Gasteiger partial charge in [0, 0.05) is 13.1 Å². The standard InChI is InChI=1S/C10H14N2O6/c13-8(12-2-4-18-10(12)16)6-11-1-3-17-7(5-11)9(14)15/h7H,1-6H2,(H,14,15). The summed E-state index contributed by atoms with van der Waals surface area (Å²) in [6, 6.07) is 0. The number of hydrogen-bond acceptors (Lipinski definition) is 6.